The van der Waals surface area contributed by atoms with Crippen LogP contribution in [0.1, 0.15) is 37.3 Å². The lowest BCUT2D eigenvalue weighted by Crippen LogP contribution is -2.39. The van der Waals surface area contributed by atoms with Gasteiger partial charge in [-0.2, -0.15) is 0 Å². The van der Waals surface area contributed by atoms with Crippen LogP contribution in [0.2, 0.25) is 0 Å². The van der Waals surface area contributed by atoms with Gasteiger partial charge in [-0.05, 0) is 42.5 Å². The average molecular weight is 544 g/mol. The number of benzene rings is 2. The van der Waals surface area contributed by atoms with Crippen molar-refractivity contribution in [3.05, 3.63) is 65.7 Å². The van der Waals surface area contributed by atoms with Gasteiger partial charge in [0, 0.05) is 41.9 Å². The van der Waals surface area contributed by atoms with E-state index in [2.05, 4.69) is 34.7 Å². The quantitative estimate of drug-likeness (QED) is 0.252. The Morgan fingerprint density at radius 2 is 1.80 bits per heavy atom. The fourth-order valence-electron chi connectivity index (χ4n) is 2.93. The van der Waals surface area contributed by atoms with Crippen molar-refractivity contribution < 1.29 is 8.95 Å². The maximum Gasteiger partial charge on any atom is 0.191 e. The van der Waals surface area contributed by atoms with Crippen LogP contribution in [0.4, 0.5) is 0 Å². The van der Waals surface area contributed by atoms with Crippen LogP contribution >= 0.6 is 24.0 Å². The van der Waals surface area contributed by atoms with Crippen molar-refractivity contribution in [2.24, 2.45) is 4.99 Å². The molecule has 0 aliphatic rings. The van der Waals surface area contributed by atoms with Crippen molar-refractivity contribution in [1.29, 1.82) is 0 Å². The summed E-state index contributed by atoms with van der Waals surface area (Å²) in [6, 6.07) is 18.2. The predicted octanol–water partition coefficient (Wildman–Crippen LogP) is 4.31. The van der Waals surface area contributed by atoms with Crippen molar-refractivity contribution in [2.45, 2.75) is 31.9 Å². The number of ether oxygens (including phenoxy) is 1. The second kappa shape index (κ2) is 15.2. The topological polar surface area (TPSA) is 62.7 Å². The zero-order valence-corrected chi connectivity index (χ0v) is 21.2. The summed E-state index contributed by atoms with van der Waals surface area (Å²) in [6.45, 7) is 6.43. The summed E-state index contributed by atoms with van der Waals surface area (Å²) >= 11 is 0. The number of hydrogen-bond donors (Lipinski definition) is 2. The smallest absolute Gasteiger partial charge is 0.191 e. The number of rotatable bonds is 11. The summed E-state index contributed by atoms with van der Waals surface area (Å²) in [5.74, 6) is 3.27. The summed E-state index contributed by atoms with van der Waals surface area (Å²) in [7, 11) is 0.792. The molecule has 0 radical (unpaired) electrons. The number of halogens is 1. The van der Waals surface area contributed by atoms with Gasteiger partial charge in [0.05, 0.1) is 7.11 Å². The van der Waals surface area contributed by atoms with Crippen molar-refractivity contribution in [3.63, 3.8) is 0 Å². The summed E-state index contributed by atoms with van der Waals surface area (Å²) in [5.41, 5.74) is 2.40. The fraction of sp³-hybridized carbons (Fsp3) is 0.435. The molecular weight excluding hydrogens is 509 g/mol. The molecular formula is C23H34IN3O2S. The third-order valence-electron chi connectivity index (χ3n) is 4.65. The molecule has 7 heteroatoms. The van der Waals surface area contributed by atoms with E-state index in [0.717, 1.165) is 36.8 Å². The highest BCUT2D eigenvalue weighted by Crippen LogP contribution is 2.21. The molecule has 0 saturated heterocycles. The SMILES string of the molecule is CCNC(=NCCC(C)c1ccc(OC)cc1)NCCS(=O)Cc1ccccc1.I. The minimum atomic E-state index is -0.888. The molecule has 2 unspecified atom stereocenters. The van der Waals surface area contributed by atoms with E-state index >= 15 is 0 Å². The van der Waals surface area contributed by atoms with E-state index in [1.807, 2.05) is 49.4 Å². The van der Waals surface area contributed by atoms with Crippen LogP contribution in [0.25, 0.3) is 0 Å². The molecule has 2 rings (SSSR count). The molecule has 0 spiro atoms. The number of guanidine groups is 1. The van der Waals surface area contributed by atoms with Crippen molar-refractivity contribution in [3.8, 4) is 5.75 Å². The van der Waals surface area contributed by atoms with E-state index in [0.29, 0.717) is 24.0 Å². The molecule has 0 aliphatic carbocycles. The van der Waals surface area contributed by atoms with E-state index in [1.54, 1.807) is 7.11 Å². The maximum absolute atomic E-state index is 12.3. The highest BCUT2D eigenvalue weighted by molar-refractivity contribution is 14.0. The first-order valence-electron chi connectivity index (χ1n) is 10.2. The maximum atomic E-state index is 12.3. The Labute approximate surface area is 200 Å². The van der Waals surface area contributed by atoms with Gasteiger partial charge in [0.25, 0.3) is 0 Å². The summed E-state index contributed by atoms with van der Waals surface area (Å²) in [6.07, 6.45) is 0.961. The molecule has 166 valence electrons. The summed E-state index contributed by atoms with van der Waals surface area (Å²) in [5, 5.41) is 6.55. The average Bonchev–Trinajstić information content (AvgIpc) is 2.74. The molecule has 0 aromatic heterocycles. The van der Waals surface area contributed by atoms with Crippen LogP contribution in [-0.4, -0.2) is 42.7 Å². The highest BCUT2D eigenvalue weighted by Gasteiger charge is 2.06. The first-order valence-corrected chi connectivity index (χ1v) is 11.7. The molecule has 30 heavy (non-hydrogen) atoms. The number of aliphatic imine (C=N–C) groups is 1. The number of methoxy groups -OCH3 is 1. The highest BCUT2D eigenvalue weighted by atomic mass is 127. The second-order valence-corrected chi connectivity index (χ2v) is 8.50. The molecule has 0 saturated carbocycles. The molecule has 0 amide bonds. The number of nitrogens with zero attached hydrogens (tertiary/aromatic N) is 1. The van der Waals surface area contributed by atoms with E-state index in [-0.39, 0.29) is 24.0 Å². The Kier molecular flexibility index (Phi) is 13.4. The van der Waals surface area contributed by atoms with Crippen LogP contribution in [0.15, 0.2) is 59.6 Å². The van der Waals surface area contributed by atoms with Crippen LogP contribution in [-0.2, 0) is 16.6 Å². The van der Waals surface area contributed by atoms with Crippen LogP contribution in [0.5, 0.6) is 5.75 Å². The largest absolute Gasteiger partial charge is 0.497 e. The minimum absolute atomic E-state index is 0. The van der Waals surface area contributed by atoms with E-state index in [4.69, 9.17) is 4.74 Å². The minimum Gasteiger partial charge on any atom is -0.497 e. The van der Waals surface area contributed by atoms with Gasteiger partial charge in [0.1, 0.15) is 5.75 Å². The van der Waals surface area contributed by atoms with E-state index in [1.165, 1.54) is 5.56 Å². The van der Waals surface area contributed by atoms with Crippen molar-refractivity contribution >= 4 is 40.7 Å². The summed E-state index contributed by atoms with van der Waals surface area (Å²) < 4.78 is 17.5. The molecule has 0 heterocycles. The second-order valence-electron chi connectivity index (χ2n) is 6.92. The van der Waals surface area contributed by atoms with Gasteiger partial charge >= 0.3 is 0 Å². The molecule has 2 N–H and O–H groups in total. The van der Waals surface area contributed by atoms with Crippen LogP contribution < -0.4 is 15.4 Å². The van der Waals surface area contributed by atoms with Gasteiger partial charge in [-0.1, -0.05) is 49.4 Å². The van der Waals surface area contributed by atoms with Gasteiger partial charge in [-0.3, -0.25) is 9.20 Å². The Balaban J connectivity index is 0.00000450. The Morgan fingerprint density at radius 1 is 1.10 bits per heavy atom. The van der Waals surface area contributed by atoms with Gasteiger partial charge < -0.3 is 15.4 Å². The van der Waals surface area contributed by atoms with Crippen molar-refractivity contribution in [2.75, 3.05) is 32.5 Å². The Bertz CT molecular complexity index is 770. The zero-order valence-electron chi connectivity index (χ0n) is 18.1. The summed E-state index contributed by atoms with van der Waals surface area (Å²) in [4.78, 5) is 4.66. The Hall–Kier alpha value is -1.61. The molecule has 2 atom stereocenters. The van der Waals surface area contributed by atoms with Crippen molar-refractivity contribution in [1.82, 2.24) is 10.6 Å². The first kappa shape index (κ1) is 26.4. The molecule has 5 nitrogen and oxygen atoms in total. The van der Waals surface area contributed by atoms with Gasteiger partial charge in [-0.15, -0.1) is 24.0 Å². The van der Waals surface area contributed by atoms with Crippen LogP contribution in [0.3, 0.4) is 0 Å². The monoisotopic (exact) mass is 543 g/mol. The number of nitrogens with one attached hydrogen (secondary N) is 2. The lowest BCUT2D eigenvalue weighted by Gasteiger charge is -2.13. The zero-order chi connectivity index (χ0) is 20.9. The molecule has 2 aromatic carbocycles. The van der Waals surface area contributed by atoms with E-state index < -0.39 is 10.8 Å². The third-order valence-corrected chi connectivity index (χ3v) is 5.97. The molecule has 0 fully saturated rings. The first-order chi connectivity index (χ1) is 14.1. The van der Waals surface area contributed by atoms with Gasteiger partial charge in [0.15, 0.2) is 5.96 Å². The Morgan fingerprint density at radius 3 is 2.43 bits per heavy atom. The van der Waals surface area contributed by atoms with Crippen LogP contribution in [0, 0.1) is 0 Å². The molecule has 0 aliphatic heterocycles. The lowest BCUT2D eigenvalue weighted by molar-refractivity contribution is 0.414. The third kappa shape index (κ3) is 9.93. The number of hydrogen-bond acceptors (Lipinski definition) is 3. The molecule has 2 aromatic rings. The molecule has 0 bridgehead atoms. The van der Waals surface area contributed by atoms with Gasteiger partial charge in [0.2, 0.25) is 0 Å². The fourth-order valence-corrected chi connectivity index (χ4v) is 3.96. The standard InChI is InChI=1S/C23H33N3O2S.HI/c1-4-24-23(26-16-17-29(27)18-20-8-6-5-7-9-20)25-15-14-19(2)21-10-12-22(28-3)13-11-21;/h5-13,19H,4,14-18H2,1-3H3,(H2,24,25,26);1H. The van der Waals surface area contributed by atoms with Gasteiger partial charge in [-0.25, -0.2) is 0 Å². The normalized spacial score (nSPS) is 13.1. The predicted molar refractivity (Wildman–Crippen MR) is 139 cm³/mol. The van der Waals surface area contributed by atoms with E-state index in [9.17, 15) is 4.21 Å². The lowest BCUT2D eigenvalue weighted by atomic mass is 9.98.